The van der Waals surface area contributed by atoms with Crippen molar-refractivity contribution in [3.8, 4) is 0 Å². The topological polar surface area (TPSA) is 0 Å². The molecule has 15 heavy (non-hydrogen) atoms. The average Bonchev–Trinajstić information content (AvgIpc) is 2.23. The van der Waals surface area contributed by atoms with Gasteiger partial charge in [0.15, 0.2) is 0 Å². The van der Waals surface area contributed by atoms with Crippen LogP contribution in [-0.4, -0.2) is 0 Å². The second-order valence-corrected chi connectivity index (χ2v) is 4.52. The van der Waals surface area contributed by atoms with Gasteiger partial charge >= 0.3 is 0 Å². The maximum Gasteiger partial charge on any atom is -0.0192 e. The third-order valence-electron chi connectivity index (χ3n) is 3.15. The van der Waals surface area contributed by atoms with E-state index in [4.69, 9.17) is 0 Å². The Bertz CT molecular complexity index is 421. The van der Waals surface area contributed by atoms with E-state index < -0.39 is 0 Å². The van der Waals surface area contributed by atoms with Crippen molar-refractivity contribution in [2.75, 3.05) is 0 Å². The Kier molecular flexibility index (Phi) is 2.77. The summed E-state index contributed by atoms with van der Waals surface area (Å²) in [6, 6.07) is 8.67. The summed E-state index contributed by atoms with van der Waals surface area (Å²) < 4.78 is 0. The third-order valence-corrected chi connectivity index (χ3v) is 3.15. The largest absolute Gasteiger partial charge is 0.0811 e. The smallest absolute Gasteiger partial charge is 0.0192 e. The highest BCUT2D eigenvalue weighted by molar-refractivity contribution is 5.73. The van der Waals surface area contributed by atoms with Gasteiger partial charge in [-0.2, -0.15) is 0 Å². The summed E-state index contributed by atoms with van der Waals surface area (Å²) in [6.07, 6.45) is 5.74. The van der Waals surface area contributed by atoms with E-state index in [2.05, 4.69) is 57.2 Å². The fourth-order valence-corrected chi connectivity index (χ4v) is 2.19. The summed E-state index contributed by atoms with van der Waals surface area (Å²) in [4.78, 5) is 0. The normalized spacial score (nSPS) is 20.9. The first-order valence-corrected chi connectivity index (χ1v) is 5.62. The number of hydrogen-bond donors (Lipinski definition) is 0. The Balaban J connectivity index is 2.47. The molecule has 0 saturated heterocycles. The lowest BCUT2D eigenvalue weighted by molar-refractivity contribution is 0.743. The zero-order chi connectivity index (χ0) is 10.8. The molecular weight excluding hydrogens is 180 g/mol. The van der Waals surface area contributed by atoms with Crippen LogP contribution in [0.4, 0.5) is 0 Å². The zero-order valence-corrected chi connectivity index (χ0v) is 9.75. The van der Waals surface area contributed by atoms with E-state index in [9.17, 15) is 0 Å². The van der Waals surface area contributed by atoms with Crippen LogP contribution in [0.15, 0.2) is 42.0 Å². The van der Waals surface area contributed by atoms with Gasteiger partial charge < -0.3 is 0 Å². The third kappa shape index (κ3) is 2.04. The minimum atomic E-state index is 0.670. The van der Waals surface area contributed by atoms with E-state index in [1.54, 1.807) is 0 Å². The van der Waals surface area contributed by atoms with E-state index in [-0.39, 0.29) is 0 Å². The van der Waals surface area contributed by atoms with Crippen LogP contribution < -0.4 is 0 Å². The minimum absolute atomic E-state index is 0.670. The van der Waals surface area contributed by atoms with Gasteiger partial charge in [-0.05, 0) is 48.5 Å². The molecule has 1 atom stereocenters. The number of benzene rings is 1. The molecule has 1 unspecified atom stereocenters. The number of aryl methyl sites for hydroxylation is 1. The molecule has 2 rings (SSSR count). The van der Waals surface area contributed by atoms with E-state index in [1.807, 2.05) is 0 Å². The minimum Gasteiger partial charge on any atom is -0.0811 e. The first-order chi connectivity index (χ1) is 7.18. The molecule has 1 aliphatic carbocycles. The van der Waals surface area contributed by atoms with Crippen molar-refractivity contribution in [1.29, 1.82) is 0 Å². The second kappa shape index (κ2) is 4.06. The van der Waals surface area contributed by atoms with Gasteiger partial charge in [0.25, 0.3) is 0 Å². The van der Waals surface area contributed by atoms with E-state index >= 15 is 0 Å². The molecule has 1 aromatic carbocycles. The van der Waals surface area contributed by atoms with Crippen molar-refractivity contribution in [3.63, 3.8) is 0 Å². The lowest BCUT2D eigenvalue weighted by Crippen LogP contribution is -2.01. The van der Waals surface area contributed by atoms with Crippen molar-refractivity contribution in [1.82, 2.24) is 0 Å². The SMILES string of the molecule is CC1=C(c2ccccc2C)CC(C)C=C1. The van der Waals surface area contributed by atoms with Crippen molar-refractivity contribution < 1.29 is 0 Å². The van der Waals surface area contributed by atoms with Crippen LogP contribution in [0.2, 0.25) is 0 Å². The van der Waals surface area contributed by atoms with Crippen LogP contribution in [0.5, 0.6) is 0 Å². The molecule has 0 nitrogen and oxygen atoms in total. The molecule has 0 amide bonds. The van der Waals surface area contributed by atoms with Gasteiger partial charge in [0.2, 0.25) is 0 Å². The van der Waals surface area contributed by atoms with Gasteiger partial charge in [0, 0.05) is 0 Å². The molecule has 1 aliphatic rings. The molecule has 78 valence electrons. The molecule has 0 aliphatic heterocycles. The highest BCUT2D eigenvalue weighted by Gasteiger charge is 2.13. The number of allylic oxidation sites excluding steroid dienone is 4. The fourth-order valence-electron chi connectivity index (χ4n) is 2.19. The van der Waals surface area contributed by atoms with Crippen molar-refractivity contribution in [2.45, 2.75) is 27.2 Å². The molecular formula is C15H18. The summed E-state index contributed by atoms with van der Waals surface area (Å²) in [5, 5.41) is 0. The molecule has 0 aromatic heterocycles. The molecule has 0 fully saturated rings. The lowest BCUT2D eigenvalue weighted by atomic mass is 9.85. The second-order valence-electron chi connectivity index (χ2n) is 4.52. The quantitative estimate of drug-likeness (QED) is 0.628. The van der Waals surface area contributed by atoms with Gasteiger partial charge in [-0.25, -0.2) is 0 Å². The predicted molar refractivity (Wildman–Crippen MR) is 66.7 cm³/mol. The van der Waals surface area contributed by atoms with E-state index in [0.29, 0.717) is 5.92 Å². The Hall–Kier alpha value is -1.30. The highest BCUT2D eigenvalue weighted by Crippen LogP contribution is 2.32. The number of rotatable bonds is 1. The van der Waals surface area contributed by atoms with Gasteiger partial charge in [-0.1, -0.05) is 43.3 Å². The van der Waals surface area contributed by atoms with Crippen LogP contribution in [0.25, 0.3) is 5.57 Å². The maximum absolute atomic E-state index is 2.30. The van der Waals surface area contributed by atoms with Gasteiger partial charge in [0.05, 0.1) is 0 Å². The molecule has 0 heterocycles. The first kappa shape index (κ1) is 10.2. The summed E-state index contributed by atoms with van der Waals surface area (Å²) in [5.74, 6) is 0.670. The Morgan fingerprint density at radius 1 is 1.13 bits per heavy atom. The monoisotopic (exact) mass is 198 g/mol. The van der Waals surface area contributed by atoms with Crippen LogP contribution in [-0.2, 0) is 0 Å². The summed E-state index contributed by atoms with van der Waals surface area (Å²) in [6.45, 7) is 6.68. The first-order valence-electron chi connectivity index (χ1n) is 5.62. The summed E-state index contributed by atoms with van der Waals surface area (Å²) in [5.41, 5.74) is 5.74. The van der Waals surface area contributed by atoms with Gasteiger partial charge in [-0.15, -0.1) is 0 Å². The molecule has 0 radical (unpaired) electrons. The molecule has 0 saturated carbocycles. The average molecular weight is 198 g/mol. The highest BCUT2D eigenvalue weighted by atomic mass is 14.2. The molecule has 0 spiro atoms. The summed E-state index contributed by atoms with van der Waals surface area (Å²) in [7, 11) is 0. The predicted octanol–water partition coefficient (Wildman–Crippen LogP) is 4.36. The maximum atomic E-state index is 2.30. The van der Waals surface area contributed by atoms with Crippen LogP contribution in [0.1, 0.15) is 31.4 Å². The van der Waals surface area contributed by atoms with Gasteiger partial charge in [0.1, 0.15) is 0 Å². The van der Waals surface area contributed by atoms with E-state index in [1.165, 1.54) is 28.7 Å². The lowest BCUT2D eigenvalue weighted by Gasteiger charge is -2.19. The fraction of sp³-hybridized carbons (Fsp3) is 0.333. The molecule has 0 N–H and O–H groups in total. The van der Waals surface area contributed by atoms with Crippen molar-refractivity contribution in [2.24, 2.45) is 5.92 Å². The summed E-state index contributed by atoms with van der Waals surface area (Å²) >= 11 is 0. The van der Waals surface area contributed by atoms with E-state index in [0.717, 1.165) is 0 Å². The Labute approximate surface area is 92.3 Å². The van der Waals surface area contributed by atoms with Gasteiger partial charge in [-0.3, -0.25) is 0 Å². The standard InChI is InChI=1S/C15H18/c1-11-8-9-13(3)15(10-11)14-7-5-4-6-12(14)2/h4-9,11H,10H2,1-3H3. The van der Waals surface area contributed by atoms with Crippen LogP contribution in [0, 0.1) is 12.8 Å². The van der Waals surface area contributed by atoms with Crippen LogP contribution in [0.3, 0.4) is 0 Å². The Morgan fingerprint density at radius 2 is 1.87 bits per heavy atom. The molecule has 0 bridgehead atoms. The van der Waals surface area contributed by atoms with Crippen molar-refractivity contribution in [3.05, 3.63) is 53.1 Å². The zero-order valence-electron chi connectivity index (χ0n) is 9.75. The van der Waals surface area contributed by atoms with Crippen LogP contribution >= 0.6 is 0 Å². The molecule has 0 heteroatoms. The number of hydrogen-bond acceptors (Lipinski definition) is 0. The van der Waals surface area contributed by atoms with Crippen molar-refractivity contribution >= 4 is 5.57 Å². The Morgan fingerprint density at radius 3 is 2.60 bits per heavy atom. The molecule has 1 aromatic rings.